The van der Waals surface area contributed by atoms with Crippen molar-refractivity contribution >= 4 is 0 Å². The highest BCUT2D eigenvalue weighted by molar-refractivity contribution is 4.84. The fourth-order valence-corrected chi connectivity index (χ4v) is 0.335. The maximum absolute atomic E-state index is 2.97. The molecule has 0 N–H and O–H groups in total. The summed E-state index contributed by atoms with van der Waals surface area (Å²) in [5.41, 5.74) is 0. The molecule has 1 nitrogen and oxygen atoms in total. The van der Waals surface area contributed by atoms with Gasteiger partial charge in [-0.1, -0.05) is 0 Å². The first-order valence-corrected chi connectivity index (χ1v) is 2.32. The minimum atomic E-state index is 0.733. The summed E-state index contributed by atoms with van der Waals surface area (Å²) in [6, 6.07) is 2.97. The fraction of sp³-hybridized carbons (Fsp3) is 0.667. The lowest BCUT2D eigenvalue weighted by Crippen LogP contribution is -2.27. The molecule has 40 valence electrons. The summed E-state index contributed by atoms with van der Waals surface area (Å²) < 4.78 is 0.733. The molecule has 0 aromatic rings. The van der Waals surface area contributed by atoms with Crippen molar-refractivity contribution in [2.75, 3.05) is 21.1 Å². The standard InChI is InChI=1S/C6H12N/c1-5-6-7(2,3)4/h1-4H3/q+1. The molecule has 0 heterocycles. The molecule has 0 aromatic carbocycles. The van der Waals surface area contributed by atoms with Crippen molar-refractivity contribution < 1.29 is 4.48 Å². The van der Waals surface area contributed by atoms with Crippen molar-refractivity contribution in [1.82, 2.24) is 0 Å². The van der Waals surface area contributed by atoms with Gasteiger partial charge in [-0.05, 0) is 5.92 Å². The van der Waals surface area contributed by atoms with Crippen LogP contribution in [0.4, 0.5) is 0 Å². The van der Waals surface area contributed by atoms with Gasteiger partial charge in [-0.3, -0.25) is 4.48 Å². The van der Waals surface area contributed by atoms with Crippen molar-refractivity contribution in [3.8, 4) is 12.0 Å². The summed E-state index contributed by atoms with van der Waals surface area (Å²) in [6.07, 6.45) is 0. The molecule has 0 rings (SSSR count). The highest BCUT2D eigenvalue weighted by Crippen LogP contribution is 1.81. The third kappa shape index (κ3) is 5.52. The molecule has 0 fully saturated rings. The predicted octanol–water partition coefficient (Wildman–Crippen LogP) is 0.673. The smallest absolute Gasteiger partial charge is 0.136 e. The Bertz CT molecular complexity index is 97.6. The van der Waals surface area contributed by atoms with Gasteiger partial charge in [0.25, 0.3) is 0 Å². The lowest BCUT2D eigenvalue weighted by molar-refractivity contribution is -0.800. The van der Waals surface area contributed by atoms with Gasteiger partial charge in [0.2, 0.25) is 0 Å². The average Bonchev–Trinajstić information content (AvgIpc) is 1.30. The van der Waals surface area contributed by atoms with Gasteiger partial charge >= 0.3 is 0 Å². The molecular weight excluding hydrogens is 86.1 g/mol. The quantitative estimate of drug-likeness (QED) is 0.308. The summed E-state index contributed by atoms with van der Waals surface area (Å²) >= 11 is 0. The molecule has 0 saturated heterocycles. The third-order valence-corrected chi connectivity index (χ3v) is 0.447. The Morgan fingerprint density at radius 2 is 1.57 bits per heavy atom. The zero-order valence-corrected chi connectivity index (χ0v) is 5.45. The monoisotopic (exact) mass is 98.1 g/mol. The van der Waals surface area contributed by atoms with Gasteiger partial charge in [-0.15, -0.1) is 0 Å². The van der Waals surface area contributed by atoms with E-state index in [2.05, 4.69) is 12.0 Å². The van der Waals surface area contributed by atoms with E-state index in [1.165, 1.54) is 0 Å². The first-order valence-electron chi connectivity index (χ1n) is 2.32. The number of quaternary nitrogens is 1. The van der Waals surface area contributed by atoms with Crippen LogP contribution in [0.1, 0.15) is 6.92 Å². The van der Waals surface area contributed by atoms with Crippen LogP contribution < -0.4 is 0 Å². The second kappa shape index (κ2) is 1.99. The molecule has 0 radical (unpaired) electrons. The van der Waals surface area contributed by atoms with Crippen LogP contribution >= 0.6 is 0 Å². The first-order chi connectivity index (χ1) is 3.06. The van der Waals surface area contributed by atoms with E-state index in [9.17, 15) is 0 Å². The van der Waals surface area contributed by atoms with Crippen molar-refractivity contribution in [3.05, 3.63) is 0 Å². The van der Waals surface area contributed by atoms with Gasteiger partial charge in [-0.25, -0.2) is 0 Å². The van der Waals surface area contributed by atoms with Gasteiger partial charge in [-0.2, -0.15) is 0 Å². The highest BCUT2D eigenvalue weighted by Gasteiger charge is 1.97. The summed E-state index contributed by atoms with van der Waals surface area (Å²) in [7, 11) is 6.11. The second-order valence-electron chi connectivity index (χ2n) is 2.37. The average molecular weight is 98.2 g/mol. The summed E-state index contributed by atoms with van der Waals surface area (Å²) in [4.78, 5) is 0. The molecule has 0 spiro atoms. The van der Waals surface area contributed by atoms with Crippen LogP contribution in [0, 0.1) is 12.0 Å². The number of rotatable bonds is 0. The molecule has 0 saturated carbocycles. The fourth-order valence-electron chi connectivity index (χ4n) is 0.335. The van der Waals surface area contributed by atoms with Crippen LogP contribution in [0.25, 0.3) is 0 Å². The van der Waals surface area contributed by atoms with Gasteiger partial charge in [0.15, 0.2) is 0 Å². The Balaban J connectivity index is 3.72. The van der Waals surface area contributed by atoms with Crippen molar-refractivity contribution in [3.63, 3.8) is 0 Å². The molecule has 0 aliphatic carbocycles. The number of hydrogen-bond donors (Lipinski definition) is 0. The Morgan fingerprint density at radius 3 is 1.57 bits per heavy atom. The lowest BCUT2D eigenvalue weighted by atomic mass is 10.6. The summed E-state index contributed by atoms with van der Waals surface area (Å²) in [5.74, 6) is 2.83. The zero-order valence-electron chi connectivity index (χ0n) is 5.45. The predicted molar refractivity (Wildman–Crippen MR) is 31.5 cm³/mol. The van der Waals surface area contributed by atoms with E-state index in [0.29, 0.717) is 0 Å². The topological polar surface area (TPSA) is 0 Å². The lowest BCUT2D eigenvalue weighted by Gasteiger charge is -2.11. The van der Waals surface area contributed by atoms with E-state index in [-0.39, 0.29) is 0 Å². The SMILES string of the molecule is CC#C[N+](C)(C)C. The van der Waals surface area contributed by atoms with E-state index in [4.69, 9.17) is 0 Å². The minimum Gasteiger partial charge on any atom is -0.254 e. The highest BCUT2D eigenvalue weighted by atomic mass is 15.3. The van der Waals surface area contributed by atoms with Crippen LogP contribution in [0.3, 0.4) is 0 Å². The van der Waals surface area contributed by atoms with Crippen LogP contribution in [-0.2, 0) is 0 Å². The first kappa shape index (κ1) is 6.52. The van der Waals surface area contributed by atoms with Crippen molar-refractivity contribution in [2.24, 2.45) is 0 Å². The third-order valence-electron chi connectivity index (χ3n) is 0.447. The van der Waals surface area contributed by atoms with Crippen molar-refractivity contribution in [1.29, 1.82) is 0 Å². The molecule has 0 amide bonds. The van der Waals surface area contributed by atoms with E-state index < -0.39 is 0 Å². The molecule has 0 aliphatic rings. The van der Waals surface area contributed by atoms with E-state index in [1.807, 2.05) is 28.1 Å². The van der Waals surface area contributed by atoms with Gasteiger partial charge in [0.05, 0.1) is 21.1 Å². The molecule has 1 heteroatoms. The molecule has 0 aromatic heterocycles. The van der Waals surface area contributed by atoms with Crippen LogP contribution in [0.2, 0.25) is 0 Å². The van der Waals surface area contributed by atoms with Crippen LogP contribution in [0.5, 0.6) is 0 Å². The molecule has 7 heavy (non-hydrogen) atoms. The maximum atomic E-state index is 2.97. The number of hydrogen-bond acceptors (Lipinski definition) is 0. The van der Waals surface area contributed by atoms with Crippen molar-refractivity contribution in [2.45, 2.75) is 6.92 Å². The van der Waals surface area contributed by atoms with Crippen LogP contribution in [-0.4, -0.2) is 25.6 Å². The Morgan fingerprint density at radius 1 is 1.14 bits per heavy atom. The second-order valence-corrected chi connectivity index (χ2v) is 2.37. The minimum absolute atomic E-state index is 0.733. The molecule has 0 aliphatic heterocycles. The summed E-state index contributed by atoms with van der Waals surface area (Å²) in [6.45, 7) is 1.85. The van der Waals surface area contributed by atoms with Gasteiger partial charge < -0.3 is 0 Å². The molecule has 0 atom stereocenters. The molecule has 0 unspecified atom stereocenters. The maximum Gasteiger partial charge on any atom is 0.136 e. The Labute approximate surface area is 45.5 Å². The zero-order chi connectivity index (χ0) is 5.91. The van der Waals surface area contributed by atoms with E-state index in [0.717, 1.165) is 4.48 Å². The molecular formula is C6H12N+. The molecule has 0 bridgehead atoms. The summed E-state index contributed by atoms with van der Waals surface area (Å²) in [5, 5.41) is 0. The van der Waals surface area contributed by atoms with Gasteiger partial charge in [0, 0.05) is 6.92 Å². The Hall–Kier alpha value is -0.480. The van der Waals surface area contributed by atoms with E-state index >= 15 is 0 Å². The largest absolute Gasteiger partial charge is 0.254 e. The Kier molecular flexibility index (Phi) is 1.86. The number of nitrogens with zero attached hydrogens (tertiary/aromatic N) is 1. The van der Waals surface area contributed by atoms with Crippen LogP contribution in [0.15, 0.2) is 0 Å². The van der Waals surface area contributed by atoms with Gasteiger partial charge in [0.1, 0.15) is 6.04 Å². The normalized spacial score (nSPS) is 9.71. The van der Waals surface area contributed by atoms with E-state index in [1.54, 1.807) is 0 Å².